The van der Waals surface area contributed by atoms with Crippen molar-refractivity contribution in [3.05, 3.63) is 70.3 Å². The SMILES string of the molecule is Cc1ccc([C@@H](C)NS(=O)(=O)c2nnc(NC(=O)c3ccccc3C)s2)c(C)c1. The zero-order valence-corrected chi connectivity index (χ0v) is 18.2. The molecule has 0 spiro atoms. The molecule has 2 N–H and O–H groups in total. The molecule has 0 aliphatic rings. The van der Waals surface area contributed by atoms with Crippen LogP contribution in [-0.2, 0) is 10.0 Å². The number of carbonyl (C=O) groups excluding carboxylic acids is 1. The lowest BCUT2D eigenvalue weighted by Gasteiger charge is -2.16. The van der Waals surface area contributed by atoms with Crippen molar-refractivity contribution in [2.24, 2.45) is 0 Å². The van der Waals surface area contributed by atoms with E-state index in [-0.39, 0.29) is 15.4 Å². The van der Waals surface area contributed by atoms with E-state index in [2.05, 4.69) is 20.2 Å². The molecule has 0 aliphatic carbocycles. The van der Waals surface area contributed by atoms with Crippen molar-refractivity contribution in [2.45, 2.75) is 38.1 Å². The molecule has 0 radical (unpaired) electrons. The second-order valence-electron chi connectivity index (χ2n) is 6.85. The number of aryl methyl sites for hydroxylation is 3. The van der Waals surface area contributed by atoms with Crippen LogP contribution in [0.25, 0.3) is 0 Å². The maximum atomic E-state index is 12.7. The molecule has 0 saturated heterocycles. The lowest BCUT2D eigenvalue weighted by Crippen LogP contribution is -2.27. The minimum Gasteiger partial charge on any atom is -0.296 e. The number of carbonyl (C=O) groups is 1. The Labute approximate surface area is 174 Å². The molecule has 0 bridgehead atoms. The van der Waals surface area contributed by atoms with Gasteiger partial charge in [0.05, 0.1) is 0 Å². The van der Waals surface area contributed by atoms with E-state index in [1.165, 1.54) is 0 Å². The number of hydrogen-bond acceptors (Lipinski definition) is 6. The summed E-state index contributed by atoms with van der Waals surface area (Å²) in [6.07, 6.45) is 0. The summed E-state index contributed by atoms with van der Waals surface area (Å²) in [4.78, 5) is 12.4. The first-order valence-corrected chi connectivity index (χ1v) is 11.3. The molecule has 0 fully saturated rings. The van der Waals surface area contributed by atoms with Crippen molar-refractivity contribution in [2.75, 3.05) is 5.32 Å². The van der Waals surface area contributed by atoms with Crippen LogP contribution in [-0.4, -0.2) is 24.5 Å². The Bertz CT molecular complexity index is 1160. The predicted octanol–water partition coefficient (Wildman–Crippen LogP) is 3.76. The largest absolute Gasteiger partial charge is 0.296 e. The van der Waals surface area contributed by atoms with Crippen LogP contribution in [0.2, 0.25) is 0 Å². The lowest BCUT2D eigenvalue weighted by molar-refractivity contribution is 0.102. The topological polar surface area (TPSA) is 101 Å². The Morgan fingerprint density at radius 2 is 1.76 bits per heavy atom. The van der Waals surface area contributed by atoms with Crippen LogP contribution in [0, 0.1) is 20.8 Å². The minimum atomic E-state index is -3.88. The minimum absolute atomic E-state index is 0.123. The predicted molar refractivity (Wildman–Crippen MR) is 114 cm³/mol. The van der Waals surface area contributed by atoms with Crippen molar-refractivity contribution >= 4 is 32.4 Å². The third-order valence-electron chi connectivity index (χ3n) is 4.47. The first kappa shape index (κ1) is 21.1. The Morgan fingerprint density at radius 3 is 2.45 bits per heavy atom. The fraction of sp³-hybridized carbons (Fsp3) is 0.250. The fourth-order valence-electron chi connectivity index (χ4n) is 3.02. The second kappa shape index (κ2) is 8.40. The van der Waals surface area contributed by atoms with Gasteiger partial charge in [-0.05, 0) is 50.5 Å². The number of benzene rings is 2. The smallest absolute Gasteiger partial charge is 0.270 e. The number of nitrogens with zero attached hydrogens (tertiary/aromatic N) is 2. The van der Waals surface area contributed by atoms with Gasteiger partial charge in [0.15, 0.2) is 0 Å². The summed E-state index contributed by atoms with van der Waals surface area (Å²) >= 11 is 0.808. The van der Waals surface area contributed by atoms with E-state index in [0.717, 1.165) is 33.6 Å². The molecule has 0 saturated carbocycles. The highest BCUT2D eigenvalue weighted by Gasteiger charge is 2.24. The molecule has 9 heteroatoms. The van der Waals surface area contributed by atoms with Crippen molar-refractivity contribution < 1.29 is 13.2 Å². The van der Waals surface area contributed by atoms with Crippen molar-refractivity contribution in [3.8, 4) is 0 Å². The molecule has 0 unspecified atom stereocenters. The van der Waals surface area contributed by atoms with Crippen molar-refractivity contribution in [1.82, 2.24) is 14.9 Å². The van der Waals surface area contributed by atoms with Crippen LogP contribution in [0.5, 0.6) is 0 Å². The van der Waals surface area contributed by atoms with Crippen LogP contribution in [0.15, 0.2) is 46.8 Å². The van der Waals surface area contributed by atoms with E-state index >= 15 is 0 Å². The highest BCUT2D eigenvalue weighted by atomic mass is 32.2. The summed E-state index contributed by atoms with van der Waals surface area (Å²) in [7, 11) is -3.88. The summed E-state index contributed by atoms with van der Waals surface area (Å²) in [6, 6.07) is 12.5. The molecule has 29 heavy (non-hydrogen) atoms. The van der Waals surface area contributed by atoms with Crippen LogP contribution in [0.1, 0.15) is 45.6 Å². The number of rotatable bonds is 6. The van der Waals surface area contributed by atoms with E-state index < -0.39 is 16.1 Å². The number of anilines is 1. The maximum Gasteiger partial charge on any atom is 0.270 e. The van der Waals surface area contributed by atoms with Crippen LogP contribution in [0.4, 0.5) is 5.13 Å². The van der Waals surface area contributed by atoms with Crippen LogP contribution < -0.4 is 10.0 Å². The number of nitrogens with one attached hydrogen (secondary N) is 2. The molecule has 3 aromatic rings. The van der Waals surface area contributed by atoms with Crippen LogP contribution >= 0.6 is 11.3 Å². The zero-order valence-electron chi connectivity index (χ0n) is 16.6. The number of aromatic nitrogens is 2. The molecule has 152 valence electrons. The quantitative estimate of drug-likeness (QED) is 0.580. The van der Waals surface area contributed by atoms with Gasteiger partial charge in [-0.25, -0.2) is 13.1 Å². The summed E-state index contributed by atoms with van der Waals surface area (Å²) < 4.78 is 27.8. The van der Waals surface area contributed by atoms with E-state index in [4.69, 9.17) is 0 Å². The summed E-state index contributed by atoms with van der Waals surface area (Å²) in [6.45, 7) is 7.53. The molecular weight excluding hydrogens is 408 g/mol. The normalized spacial score (nSPS) is 12.6. The Balaban J connectivity index is 1.74. The molecule has 7 nitrogen and oxygen atoms in total. The average molecular weight is 431 g/mol. The van der Waals surface area contributed by atoms with Gasteiger partial charge in [0.2, 0.25) is 9.47 Å². The van der Waals surface area contributed by atoms with Gasteiger partial charge in [-0.1, -0.05) is 53.3 Å². The molecule has 1 atom stereocenters. The molecule has 3 rings (SSSR count). The fourth-order valence-corrected chi connectivity index (χ4v) is 5.15. The highest BCUT2D eigenvalue weighted by Crippen LogP contribution is 2.24. The first-order chi connectivity index (χ1) is 13.7. The molecule has 2 aromatic carbocycles. The van der Waals surface area contributed by atoms with Crippen molar-refractivity contribution in [3.63, 3.8) is 0 Å². The van der Waals surface area contributed by atoms with E-state index in [1.807, 2.05) is 51.1 Å². The molecule has 1 heterocycles. The number of sulfonamides is 1. The van der Waals surface area contributed by atoms with Crippen molar-refractivity contribution in [1.29, 1.82) is 0 Å². The molecule has 0 aliphatic heterocycles. The Kier molecular flexibility index (Phi) is 6.11. The third kappa shape index (κ3) is 4.87. The molecular formula is C20H22N4O3S2. The zero-order chi connectivity index (χ0) is 21.2. The number of amides is 1. The standard InChI is InChI=1S/C20H22N4O3S2/c1-12-9-10-16(14(3)11-12)15(4)24-29(26,27)20-23-22-19(28-20)21-18(25)17-8-6-5-7-13(17)2/h5-11,15,24H,1-4H3,(H,21,22,25)/t15-/m1/s1. The lowest BCUT2D eigenvalue weighted by atomic mass is 10.0. The van der Waals surface area contributed by atoms with Gasteiger partial charge in [0.1, 0.15) is 0 Å². The first-order valence-electron chi connectivity index (χ1n) is 8.97. The summed E-state index contributed by atoms with van der Waals surface area (Å²) in [5.41, 5.74) is 4.31. The summed E-state index contributed by atoms with van der Waals surface area (Å²) in [5.74, 6) is -0.361. The number of hydrogen-bond donors (Lipinski definition) is 2. The van der Waals surface area contributed by atoms with Crippen LogP contribution in [0.3, 0.4) is 0 Å². The molecule has 1 amide bonds. The van der Waals surface area contributed by atoms with Gasteiger partial charge in [0, 0.05) is 11.6 Å². The van der Waals surface area contributed by atoms with Gasteiger partial charge >= 0.3 is 0 Å². The Hall–Kier alpha value is -2.62. The average Bonchev–Trinajstić information content (AvgIpc) is 3.11. The van der Waals surface area contributed by atoms with E-state index in [0.29, 0.717) is 5.56 Å². The summed E-state index contributed by atoms with van der Waals surface area (Å²) in [5, 5.41) is 10.3. The van der Waals surface area contributed by atoms with Gasteiger partial charge in [-0.2, -0.15) is 0 Å². The van der Waals surface area contributed by atoms with Gasteiger partial charge in [-0.15, -0.1) is 10.2 Å². The monoisotopic (exact) mass is 430 g/mol. The molecule has 1 aromatic heterocycles. The highest BCUT2D eigenvalue weighted by molar-refractivity contribution is 7.91. The second-order valence-corrected chi connectivity index (χ2v) is 9.71. The van der Waals surface area contributed by atoms with Gasteiger partial charge in [0.25, 0.3) is 15.9 Å². The van der Waals surface area contributed by atoms with E-state index in [9.17, 15) is 13.2 Å². The van der Waals surface area contributed by atoms with E-state index in [1.54, 1.807) is 19.1 Å². The third-order valence-corrected chi connectivity index (χ3v) is 7.22. The van der Waals surface area contributed by atoms with Gasteiger partial charge < -0.3 is 0 Å². The Morgan fingerprint density at radius 1 is 1.03 bits per heavy atom. The maximum absolute atomic E-state index is 12.7. The van der Waals surface area contributed by atoms with Gasteiger partial charge in [-0.3, -0.25) is 10.1 Å².